The third kappa shape index (κ3) is 4.06. The summed E-state index contributed by atoms with van der Waals surface area (Å²) in [6.07, 6.45) is 1.84. The van der Waals surface area contributed by atoms with Crippen LogP contribution in [0.4, 0.5) is 0 Å². The molecule has 2 heteroatoms. The van der Waals surface area contributed by atoms with Gasteiger partial charge in [-0.1, -0.05) is 117 Å². The van der Waals surface area contributed by atoms with E-state index in [1.54, 1.807) is 0 Å². The molecule has 0 N–H and O–H groups in total. The third-order valence-electron chi connectivity index (χ3n) is 7.96. The van der Waals surface area contributed by atoms with Crippen LogP contribution in [0.25, 0.3) is 56.0 Å². The van der Waals surface area contributed by atoms with E-state index in [0.29, 0.717) is 0 Å². The van der Waals surface area contributed by atoms with Crippen LogP contribution in [0.2, 0.25) is 0 Å². The van der Waals surface area contributed by atoms with Gasteiger partial charge in [0.2, 0.25) is 0 Å². The molecule has 6 aromatic rings. The third-order valence-corrected chi connectivity index (χ3v) is 7.96. The molecule has 0 bridgehead atoms. The van der Waals surface area contributed by atoms with Gasteiger partial charge < -0.3 is 0 Å². The van der Waals surface area contributed by atoms with Gasteiger partial charge in [-0.15, -0.1) is 0 Å². The number of benzene rings is 5. The van der Waals surface area contributed by atoms with Crippen molar-refractivity contribution in [3.05, 3.63) is 145 Å². The molecule has 1 aromatic heterocycles. The summed E-state index contributed by atoms with van der Waals surface area (Å²) in [7, 11) is 0. The summed E-state index contributed by atoms with van der Waals surface area (Å²) in [5, 5.41) is 0. The lowest BCUT2D eigenvalue weighted by Crippen LogP contribution is -2.14. The van der Waals surface area contributed by atoms with Crippen molar-refractivity contribution in [1.29, 1.82) is 0 Å². The Bertz CT molecular complexity index is 1830. The Morgan fingerprint density at radius 1 is 0.462 bits per heavy atom. The van der Waals surface area contributed by atoms with Crippen molar-refractivity contribution >= 4 is 0 Å². The smallest absolute Gasteiger partial charge is 0.159 e. The van der Waals surface area contributed by atoms with Crippen molar-refractivity contribution in [2.45, 2.75) is 19.3 Å². The molecule has 0 radical (unpaired) electrons. The molecule has 186 valence electrons. The SMILES string of the molecule is CC1(C)c2ccccc2-c2cc(-c3cccc(-c4cccc(-c5nccc(-c6ccccc6)n5)c4)c3)ccc21. The van der Waals surface area contributed by atoms with Gasteiger partial charge in [0.05, 0.1) is 5.69 Å². The van der Waals surface area contributed by atoms with Crippen LogP contribution >= 0.6 is 0 Å². The lowest BCUT2D eigenvalue weighted by Gasteiger charge is -2.21. The molecule has 0 saturated heterocycles. The molecule has 5 aromatic carbocycles. The highest BCUT2D eigenvalue weighted by atomic mass is 14.9. The molecule has 0 unspecified atom stereocenters. The van der Waals surface area contributed by atoms with Crippen molar-refractivity contribution in [3.63, 3.8) is 0 Å². The average Bonchev–Trinajstić information content (AvgIpc) is 3.24. The van der Waals surface area contributed by atoms with Gasteiger partial charge in [-0.3, -0.25) is 0 Å². The Kier molecular flexibility index (Phi) is 5.49. The highest BCUT2D eigenvalue weighted by Crippen LogP contribution is 2.49. The van der Waals surface area contributed by atoms with Crippen LogP contribution in [0, 0.1) is 0 Å². The molecule has 1 aliphatic rings. The van der Waals surface area contributed by atoms with Gasteiger partial charge in [0, 0.05) is 22.7 Å². The zero-order valence-electron chi connectivity index (χ0n) is 22.1. The molecular formula is C37H28N2. The van der Waals surface area contributed by atoms with Crippen LogP contribution in [0.15, 0.2) is 134 Å². The second-order valence-electron chi connectivity index (χ2n) is 10.7. The van der Waals surface area contributed by atoms with Gasteiger partial charge >= 0.3 is 0 Å². The summed E-state index contributed by atoms with van der Waals surface area (Å²) in [5.41, 5.74) is 13.3. The van der Waals surface area contributed by atoms with E-state index >= 15 is 0 Å². The van der Waals surface area contributed by atoms with Gasteiger partial charge in [0.1, 0.15) is 0 Å². The number of hydrogen-bond acceptors (Lipinski definition) is 2. The fourth-order valence-corrected chi connectivity index (χ4v) is 5.88. The van der Waals surface area contributed by atoms with Gasteiger partial charge in [0.25, 0.3) is 0 Å². The predicted octanol–water partition coefficient (Wildman–Crippen LogP) is 9.45. The lowest BCUT2D eigenvalue weighted by molar-refractivity contribution is 0.660. The maximum Gasteiger partial charge on any atom is 0.159 e. The summed E-state index contributed by atoms with van der Waals surface area (Å²) in [4.78, 5) is 9.45. The van der Waals surface area contributed by atoms with Gasteiger partial charge in [-0.2, -0.15) is 0 Å². The van der Waals surface area contributed by atoms with Crippen molar-refractivity contribution in [1.82, 2.24) is 9.97 Å². The van der Waals surface area contributed by atoms with Crippen molar-refractivity contribution in [2.75, 3.05) is 0 Å². The van der Waals surface area contributed by atoms with Crippen LogP contribution in [-0.4, -0.2) is 9.97 Å². The van der Waals surface area contributed by atoms with Crippen LogP contribution < -0.4 is 0 Å². The van der Waals surface area contributed by atoms with Gasteiger partial charge in [-0.25, -0.2) is 9.97 Å². The molecule has 2 nitrogen and oxygen atoms in total. The Hall–Kier alpha value is -4.82. The van der Waals surface area contributed by atoms with Crippen LogP contribution in [-0.2, 0) is 5.41 Å². The first-order valence-electron chi connectivity index (χ1n) is 13.4. The van der Waals surface area contributed by atoms with E-state index in [9.17, 15) is 0 Å². The molecule has 0 atom stereocenters. The second kappa shape index (κ2) is 9.18. The molecule has 0 aliphatic heterocycles. The lowest BCUT2D eigenvalue weighted by atomic mass is 9.82. The minimum absolute atomic E-state index is 0.0205. The molecule has 0 fully saturated rings. The zero-order chi connectivity index (χ0) is 26.4. The maximum absolute atomic E-state index is 4.87. The summed E-state index contributed by atoms with van der Waals surface area (Å²) in [5.74, 6) is 0.731. The first-order valence-corrected chi connectivity index (χ1v) is 13.4. The molecule has 7 rings (SSSR count). The maximum atomic E-state index is 4.87. The van der Waals surface area contributed by atoms with E-state index in [1.807, 2.05) is 30.5 Å². The van der Waals surface area contributed by atoms with Gasteiger partial charge in [0.15, 0.2) is 5.82 Å². The number of rotatable bonds is 4. The fraction of sp³-hybridized carbons (Fsp3) is 0.0811. The summed E-state index contributed by atoms with van der Waals surface area (Å²) >= 11 is 0. The Labute approximate surface area is 229 Å². The largest absolute Gasteiger partial charge is 0.237 e. The van der Waals surface area contributed by atoms with E-state index in [-0.39, 0.29) is 5.41 Å². The Morgan fingerprint density at radius 3 is 1.82 bits per heavy atom. The standard InChI is InChI=1S/C37H28N2/c1-37(2)33-17-7-6-16-31(33)32-24-29(18-19-34(32)37)27-13-8-12-26(22-27)28-14-9-15-30(23-28)36-38-21-20-35(39-36)25-10-4-3-5-11-25/h3-24H,1-2H3. The predicted molar refractivity (Wildman–Crippen MR) is 161 cm³/mol. The van der Waals surface area contributed by atoms with E-state index in [4.69, 9.17) is 4.98 Å². The molecule has 39 heavy (non-hydrogen) atoms. The summed E-state index contributed by atoms with van der Waals surface area (Å²) in [6, 6.07) is 45.3. The average molecular weight is 501 g/mol. The Morgan fingerprint density at radius 2 is 1.05 bits per heavy atom. The number of fused-ring (bicyclic) bond motifs is 3. The highest BCUT2D eigenvalue weighted by Gasteiger charge is 2.35. The molecule has 0 spiro atoms. The number of aromatic nitrogens is 2. The van der Waals surface area contributed by atoms with E-state index in [1.165, 1.54) is 38.9 Å². The minimum Gasteiger partial charge on any atom is -0.237 e. The van der Waals surface area contributed by atoms with Crippen LogP contribution in [0.5, 0.6) is 0 Å². The van der Waals surface area contributed by atoms with E-state index in [0.717, 1.165) is 28.2 Å². The zero-order valence-corrected chi connectivity index (χ0v) is 22.1. The quantitative estimate of drug-likeness (QED) is 0.241. The summed E-state index contributed by atoms with van der Waals surface area (Å²) < 4.78 is 0. The molecule has 1 aliphatic carbocycles. The fourth-order valence-electron chi connectivity index (χ4n) is 5.88. The first-order chi connectivity index (χ1) is 19.1. The molecular weight excluding hydrogens is 472 g/mol. The minimum atomic E-state index is 0.0205. The normalized spacial score (nSPS) is 13.1. The van der Waals surface area contributed by atoms with E-state index < -0.39 is 0 Å². The van der Waals surface area contributed by atoms with Crippen molar-refractivity contribution in [2.24, 2.45) is 0 Å². The van der Waals surface area contributed by atoms with E-state index in [2.05, 4.69) is 122 Å². The topological polar surface area (TPSA) is 25.8 Å². The van der Waals surface area contributed by atoms with Crippen molar-refractivity contribution in [3.8, 4) is 56.0 Å². The summed E-state index contributed by atoms with van der Waals surface area (Å²) in [6.45, 7) is 4.65. The molecule has 0 amide bonds. The second-order valence-corrected chi connectivity index (χ2v) is 10.7. The highest BCUT2D eigenvalue weighted by molar-refractivity contribution is 5.85. The molecule has 1 heterocycles. The van der Waals surface area contributed by atoms with Gasteiger partial charge in [-0.05, 0) is 68.8 Å². The number of hydrogen-bond donors (Lipinski definition) is 0. The van der Waals surface area contributed by atoms with Crippen LogP contribution in [0.1, 0.15) is 25.0 Å². The van der Waals surface area contributed by atoms with Crippen molar-refractivity contribution < 1.29 is 0 Å². The monoisotopic (exact) mass is 500 g/mol. The first kappa shape index (κ1) is 23.3. The molecule has 0 saturated carbocycles. The Balaban J connectivity index is 1.25. The number of nitrogens with zero attached hydrogens (tertiary/aromatic N) is 2. The van der Waals surface area contributed by atoms with Crippen LogP contribution in [0.3, 0.4) is 0 Å².